The van der Waals surface area contributed by atoms with E-state index >= 15 is 0 Å². The molecule has 0 fully saturated rings. The van der Waals surface area contributed by atoms with Crippen molar-refractivity contribution in [2.24, 2.45) is 5.92 Å². The third kappa shape index (κ3) is 12.4. The molecule has 1 aromatic rings. The van der Waals surface area contributed by atoms with Crippen LogP contribution in [0.15, 0.2) is 30.3 Å². The molecule has 0 radical (unpaired) electrons. The minimum atomic E-state index is -1.21. The summed E-state index contributed by atoms with van der Waals surface area (Å²) < 4.78 is 10.3. The number of carboxylic acid groups (broad SMARTS) is 1. The molecule has 3 N–H and O–H groups in total. The second kappa shape index (κ2) is 13.3. The van der Waals surface area contributed by atoms with Crippen molar-refractivity contribution in [2.75, 3.05) is 19.6 Å². The van der Waals surface area contributed by atoms with Crippen LogP contribution in [0.1, 0.15) is 46.6 Å². The molecule has 3 amide bonds. The Morgan fingerprint density at radius 1 is 1.06 bits per heavy atom. The van der Waals surface area contributed by atoms with E-state index in [0.29, 0.717) is 6.42 Å². The highest BCUT2D eigenvalue weighted by Gasteiger charge is 2.29. The highest BCUT2D eigenvalue weighted by atomic mass is 16.6. The van der Waals surface area contributed by atoms with Gasteiger partial charge in [0.05, 0.1) is 0 Å². The SMILES string of the molecule is CC(C)C[C@H](NC(=O)OC(C)(C)C)C(=O)N(CCNC(=O)OCc1ccccc1)CC(=O)O. The van der Waals surface area contributed by atoms with E-state index in [1.54, 1.807) is 20.8 Å². The predicted molar refractivity (Wildman–Crippen MR) is 121 cm³/mol. The number of aliphatic carboxylic acids is 1. The summed E-state index contributed by atoms with van der Waals surface area (Å²) in [5.74, 6) is -1.74. The number of carbonyl (C=O) groups excluding carboxylic acids is 3. The smallest absolute Gasteiger partial charge is 0.408 e. The van der Waals surface area contributed by atoms with Gasteiger partial charge in [0.1, 0.15) is 24.8 Å². The van der Waals surface area contributed by atoms with E-state index < -0.39 is 42.3 Å². The Kier molecular flexibility index (Phi) is 11.2. The molecule has 1 rings (SSSR count). The topological polar surface area (TPSA) is 134 Å². The Labute approximate surface area is 194 Å². The number of amides is 3. The van der Waals surface area contributed by atoms with Crippen LogP contribution in [0.25, 0.3) is 0 Å². The molecule has 0 saturated heterocycles. The lowest BCUT2D eigenvalue weighted by atomic mass is 10.0. The third-order valence-corrected chi connectivity index (χ3v) is 4.20. The molecule has 0 spiro atoms. The first-order chi connectivity index (χ1) is 15.4. The standard InChI is InChI=1S/C23H35N3O7/c1-16(2)13-18(25-22(31)33-23(3,4)5)20(29)26(14-19(27)28)12-11-24-21(30)32-15-17-9-7-6-8-10-17/h6-10,16,18H,11-15H2,1-5H3,(H,24,30)(H,25,31)(H,27,28)/t18-/m0/s1. The molecule has 0 heterocycles. The minimum absolute atomic E-state index is 0.0204. The maximum absolute atomic E-state index is 13.1. The van der Waals surface area contributed by atoms with Gasteiger partial charge in [-0.15, -0.1) is 0 Å². The molecule has 33 heavy (non-hydrogen) atoms. The summed E-state index contributed by atoms with van der Waals surface area (Å²) in [4.78, 5) is 49.6. The maximum atomic E-state index is 13.1. The van der Waals surface area contributed by atoms with Gasteiger partial charge in [0, 0.05) is 13.1 Å². The van der Waals surface area contributed by atoms with Gasteiger partial charge in [-0.25, -0.2) is 9.59 Å². The van der Waals surface area contributed by atoms with Crippen molar-refractivity contribution in [2.45, 2.75) is 59.3 Å². The minimum Gasteiger partial charge on any atom is -0.480 e. The van der Waals surface area contributed by atoms with Crippen LogP contribution < -0.4 is 10.6 Å². The summed E-state index contributed by atoms with van der Waals surface area (Å²) in [5, 5.41) is 14.3. The molecule has 0 saturated carbocycles. The zero-order valence-corrected chi connectivity index (χ0v) is 19.9. The summed E-state index contributed by atoms with van der Waals surface area (Å²) >= 11 is 0. The second-order valence-electron chi connectivity index (χ2n) is 8.97. The highest BCUT2D eigenvalue weighted by molar-refractivity contribution is 5.88. The van der Waals surface area contributed by atoms with Crippen molar-refractivity contribution in [3.8, 4) is 0 Å². The van der Waals surface area contributed by atoms with Gasteiger partial charge in [-0.3, -0.25) is 9.59 Å². The van der Waals surface area contributed by atoms with E-state index in [1.165, 1.54) is 0 Å². The van der Waals surface area contributed by atoms with Crippen LogP contribution in [0.4, 0.5) is 9.59 Å². The van der Waals surface area contributed by atoms with Gasteiger partial charge in [-0.1, -0.05) is 44.2 Å². The van der Waals surface area contributed by atoms with Crippen LogP contribution in [0.3, 0.4) is 0 Å². The Morgan fingerprint density at radius 2 is 1.70 bits per heavy atom. The molecule has 1 atom stereocenters. The molecule has 0 aliphatic carbocycles. The van der Waals surface area contributed by atoms with E-state index in [9.17, 15) is 24.3 Å². The van der Waals surface area contributed by atoms with E-state index in [-0.39, 0.29) is 25.6 Å². The first-order valence-electron chi connectivity index (χ1n) is 10.8. The number of benzene rings is 1. The van der Waals surface area contributed by atoms with Gasteiger partial charge >= 0.3 is 18.2 Å². The molecular formula is C23H35N3O7. The Bertz CT molecular complexity index is 791. The van der Waals surface area contributed by atoms with Gasteiger partial charge in [-0.05, 0) is 38.7 Å². The van der Waals surface area contributed by atoms with Gasteiger partial charge in [0.25, 0.3) is 0 Å². The maximum Gasteiger partial charge on any atom is 0.408 e. The van der Waals surface area contributed by atoms with Gasteiger partial charge in [-0.2, -0.15) is 0 Å². The first-order valence-corrected chi connectivity index (χ1v) is 10.8. The van der Waals surface area contributed by atoms with Crippen molar-refractivity contribution in [1.29, 1.82) is 0 Å². The average molecular weight is 466 g/mol. The molecular weight excluding hydrogens is 430 g/mol. The normalized spacial score (nSPS) is 11.9. The monoisotopic (exact) mass is 465 g/mol. The quantitative estimate of drug-likeness (QED) is 0.457. The molecule has 0 unspecified atom stereocenters. The summed E-state index contributed by atoms with van der Waals surface area (Å²) in [7, 11) is 0. The number of rotatable bonds is 11. The Morgan fingerprint density at radius 3 is 2.24 bits per heavy atom. The van der Waals surface area contributed by atoms with Crippen molar-refractivity contribution in [3.63, 3.8) is 0 Å². The zero-order chi connectivity index (χ0) is 25.0. The van der Waals surface area contributed by atoms with E-state index in [1.807, 2.05) is 44.2 Å². The first kappa shape index (κ1) is 27.7. The van der Waals surface area contributed by atoms with Gasteiger partial charge < -0.3 is 30.1 Å². The molecule has 0 aliphatic rings. The fourth-order valence-corrected chi connectivity index (χ4v) is 2.86. The number of ether oxygens (including phenoxy) is 2. The van der Waals surface area contributed by atoms with E-state index in [2.05, 4.69) is 10.6 Å². The summed E-state index contributed by atoms with van der Waals surface area (Å²) in [6.07, 6.45) is -1.16. The van der Waals surface area contributed by atoms with E-state index in [0.717, 1.165) is 10.5 Å². The van der Waals surface area contributed by atoms with E-state index in [4.69, 9.17) is 9.47 Å². The Hall–Kier alpha value is -3.30. The number of nitrogens with one attached hydrogen (secondary N) is 2. The van der Waals surface area contributed by atoms with Crippen molar-refractivity contribution in [3.05, 3.63) is 35.9 Å². The van der Waals surface area contributed by atoms with Crippen molar-refractivity contribution in [1.82, 2.24) is 15.5 Å². The molecule has 0 aliphatic heterocycles. The number of carbonyl (C=O) groups is 4. The lowest BCUT2D eigenvalue weighted by Crippen LogP contribution is -2.52. The molecule has 0 aromatic heterocycles. The third-order valence-electron chi connectivity index (χ3n) is 4.20. The van der Waals surface area contributed by atoms with Crippen LogP contribution in [0, 0.1) is 5.92 Å². The number of carboxylic acids is 1. The zero-order valence-electron chi connectivity index (χ0n) is 19.9. The summed E-state index contributed by atoms with van der Waals surface area (Å²) in [5.41, 5.74) is 0.0698. The molecule has 184 valence electrons. The largest absolute Gasteiger partial charge is 0.480 e. The average Bonchev–Trinajstić information content (AvgIpc) is 2.69. The molecule has 10 heteroatoms. The van der Waals surface area contributed by atoms with Crippen LogP contribution in [0.5, 0.6) is 0 Å². The second-order valence-corrected chi connectivity index (χ2v) is 8.97. The number of alkyl carbamates (subject to hydrolysis) is 2. The van der Waals surface area contributed by atoms with Crippen LogP contribution >= 0.6 is 0 Å². The summed E-state index contributed by atoms with van der Waals surface area (Å²) in [6.45, 7) is 8.27. The lowest BCUT2D eigenvalue weighted by Gasteiger charge is -2.28. The van der Waals surface area contributed by atoms with Crippen LogP contribution in [0.2, 0.25) is 0 Å². The Balaban J connectivity index is 2.71. The predicted octanol–water partition coefficient (Wildman–Crippen LogP) is 2.77. The fraction of sp³-hybridized carbons (Fsp3) is 0.565. The highest BCUT2D eigenvalue weighted by Crippen LogP contribution is 2.11. The number of hydrogen-bond acceptors (Lipinski definition) is 6. The number of nitrogens with zero attached hydrogens (tertiary/aromatic N) is 1. The fourth-order valence-electron chi connectivity index (χ4n) is 2.86. The lowest BCUT2D eigenvalue weighted by molar-refractivity contribution is -0.145. The van der Waals surface area contributed by atoms with Gasteiger partial charge in [0.2, 0.25) is 5.91 Å². The number of hydrogen-bond donors (Lipinski definition) is 3. The van der Waals surface area contributed by atoms with Gasteiger partial charge in [0.15, 0.2) is 0 Å². The van der Waals surface area contributed by atoms with Crippen LogP contribution in [-0.2, 0) is 25.7 Å². The molecule has 0 bridgehead atoms. The molecule has 1 aromatic carbocycles. The summed E-state index contributed by atoms with van der Waals surface area (Å²) in [6, 6.07) is 8.15. The molecule has 10 nitrogen and oxygen atoms in total. The van der Waals surface area contributed by atoms with Crippen molar-refractivity contribution >= 4 is 24.1 Å². The van der Waals surface area contributed by atoms with Crippen molar-refractivity contribution < 1.29 is 33.8 Å². The van der Waals surface area contributed by atoms with Crippen LogP contribution in [-0.4, -0.2) is 65.3 Å².